The Morgan fingerprint density at radius 2 is 1.70 bits per heavy atom. The molecule has 0 aliphatic carbocycles. The van der Waals surface area contributed by atoms with Crippen LogP contribution in [0.5, 0.6) is 5.75 Å². The van der Waals surface area contributed by atoms with Crippen molar-refractivity contribution in [3.63, 3.8) is 0 Å². The topological polar surface area (TPSA) is 138 Å². The molecule has 11 nitrogen and oxygen atoms in total. The van der Waals surface area contributed by atoms with Crippen molar-refractivity contribution in [3.05, 3.63) is 84.4 Å². The lowest BCUT2D eigenvalue weighted by atomic mass is 10.0. The largest absolute Gasteiger partial charge is 0.490 e. The fourth-order valence-electron chi connectivity index (χ4n) is 5.36. The maximum absolute atomic E-state index is 14.3. The number of carbonyl (C=O) groups excluding carboxylic acids is 2. The standard InChI is InChI=1S/C35H46N4O7S/c1-25-22-39(26(2)24-40)34(41)31-21-29(37-47(43,44)30-16-9-6-10-17-30)18-19-32(31)46-27(3)13-11-12-20-45-33(25)23-38(4)35(42)36-28-14-7-5-8-15-28/h5-10,14-19,21,25-27,33,37,40H,11-13,20,22-24H2,1-4H3,(H,36,42)/t25-,26+,27+,33-/m1/s1. The van der Waals surface area contributed by atoms with Crippen LogP contribution in [0.3, 0.4) is 0 Å². The predicted molar refractivity (Wildman–Crippen MR) is 182 cm³/mol. The van der Waals surface area contributed by atoms with Crippen LogP contribution in [-0.4, -0.2) is 86.9 Å². The highest BCUT2D eigenvalue weighted by molar-refractivity contribution is 7.92. The van der Waals surface area contributed by atoms with Crippen LogP contribution in [0.2, 0.25) is 0 Å². The number of fused-ring (bicyclic) bond motifs is 1. The molecule has 3 N–H and O–H groups in total. The maximum Gasteiger partial charge on any atom is 0.321 e. The van der Waals surface area contributed by atoms with Crippen molar-refractivity contribution in [1.29, 1.82) is 0 Å². The number of nitrogens with zero attached hydrogens (tertiary/aromatic N) is 2. The summed E-state index contributed by atoms with van der Waals surface area (Å²) in [7, 11) is -2.22. The Kier molecular flexibility index (Phi) is 12.6. The van der Waals surface area contributed by atoms with Gasteiger partial charge >= 0.3 is 6.03 Å². The van der Waals surface area contributed by atoms with Crippen molar-refractivity contribution < 1.29 is 32.6 Å². The van der Waals surface area contributed by atoms with Crippen molar-refractivity contribution in [3.8, 4) is 5.75 Å². The minimum Gasteiger partial charge on any atom is -0.490 e. The van der Waals surface area contributed by atoms with Crippen LogP contribution < -0.4 is 14.8 Å². The minimum atomic E-state index is -3.92. The zero-order chi connectivity index (χ0) is 34.0. The van der Waals surface area contributed by atoms with Crippen LogP contribution in [0, 0.1) is 5.92 Å². The molecule has 0 unspecified atom stereocenters. The third-order valence-corrected chi connectivity index (χ3v) is 9.58. The van der Waals surface area contributed by atoms with E-state index < -0.39 is 28.1 Å². The molecule has 4 atom stereocenters. The number of anilines is 2. The number of hydrogen-bond donors (Lipinski definition) is 3. The smallest absolute Gasteiger partial charge is 0.321 e. The van der Waals surface area contributed by atoms with Gasteiger partial charge in [-0.05, 0) is 75.6 Å². The van der Waals surface area contributed by atoms with Gasteiger partial charge in [0.15, 0.2) is 0 Å². The molecule has 3 amide bonds. The Morgan fingerprint density at radius 3 is 2.38 bits per heavy atom. The maximum atomic E-state index is 14.3. The molecule has 3 aromatic carbocycles. The first kappa shape index (κ1) is 35.7. The number of likely N-dealkylation sites (N-methyl/N-ethyl adjacent to an activating group) is 1. The van der Waals surface area contributed by atoms with E-state index in [1.54, 1.807) is 54.1 Å². The lowest BCUT2D eigenvalue weighted by molar-refractivity contribution is -0.0115. The molecule has 254 valence electrons. The van der Waals surface area contributed by atoms with Crippen molar-refractivity contribution in [2.45, 2.75) is 63.2 Å². The number of ether oxygens (including phenoxy) is 2. The molecule has 47 heavy (non-hydrogen) atoms. The van der Waals surface area contributed by atoms with Crippen LogP contribution >= 0.6 is 0 Å². The third kappa shape index (κ3) is 9.93. The number of amides is 3. The van der Waals surface area contributed by atoms with E-state index in [-0.39, 0.29) is 53.9 Å². The minimum absolute atomic E-state index is 0.0918. The Bertz CT molecular complexity index is 1570. The molecule has 0 fully saturated rings. The molecule has 0 spiro atoms. The SMILES string of the molecule is C[C@@H]1CN([C@@H](C)CO)C(=O)c2cc(NS(=O)(=O)c3ccccc3)ccc2O[C@@H](C)CCCCO[C@@H]1CN(C)C(=O)Nc1ccccc1. The van der Waals surface area contributed by atoms with Gasteiger partial charge in [0.25, 0.3) is 15.9 Å². The molecule has 1 aliphatic rings. The zero-order valence-corrected chi connectivity index (χ0v) is 28.3. The Balaban J connectivity index is 1.63. The van der Waals surface area contributed by atoms with Crippen LogP contribution in [0.1, 0.15) is 50.4 Å². The summed E-state index contributed by atoms with van der Waals surface area (Å²) in [5.41, 5.74) is 1.06. The summed E-state index contributed by atoms with van der Waals surface area (Å²) >= 11 is 0. The van der Waals surface area contributed by atoms with E-state index in [4.69, 9.17) is 9.47 Å². The molecule has 0 saturated heterocycles. The fourth-order valence-corrected chi connectivity index (χ4v) is 6.43. The van der Waals surface area contributed by atoms with Crippen molar-refractivity contribution in [2.75, 3.05) is 43.4 Å². The number of aliphatic hydroxyl groups is 1. The molecule has 1 heterocycles. The van der Waals surface area contributed by atoms with Gasteiger partial charge in [0, 0.05) is 44.0 Å². The zero-order valence-electron chi connectivity index (χ0n) is 27.5. The van der Waals surface area contributed by atoms with E-state index in [0.717, 1.165) is 12.8 Å². The summed E-state index contributed by atoms with van der Waals surface area (Å²) in [5, 5.41) is 13.1. The molecule has 12 heteroatoms. The monoisotopic (exact) mass is 666 g/mol. The van der Waals surface area contributed by atoms with Gasteiger partial charge in [-0.25, -0.2) is 13.2 Å². The number of rotatable bonds is 8. The summed E-state index contributed by atoms with van der Waals surface area (Å²) in [6.07, 6.45) is 1.65. The van der Waals surface area contributed by atoms with E-state index in [1.165, 1.54) is 18.2 Å². The third-order valence-electron chi connectivity index (χ3n) is 8.18. The molecule has 0 aromatic heterocycles. The summed E-state index contributed by atoms with van der Waals surface area (Å²) < 4.78 is 41.4. The second kappa shape index (κ2) is 16.6. The fraction of sp³-hybridized carbons (Fsp3) is 0.429. The second-order valence-electron chi connectivity index (χ2n) is 12.1. The quantitative estimate of drug-likeness (QED) is 0.291. The molecule has 0 bridgehead atoms. The van der Waals surface area contributed by atoms with E-state index in [9.17, 15) is 23.1 Å². The van der Waals surface area contributed by atoms with Gasteiger partial charge in [-0.2, -0.15) is 0 Å². The number of para-hydroxylation sites is 1. The number of urea groups is 1. The molecule has 1 aliphatic heterocycles. The summed E-state index contributed by atoms with van der Waals surface area (Å²) in [6, 6.07) is 21.0. The summed E-state index contributed by atoms with van der Waals surface area (Å²) in [6.45, 7) is 6.27. The van der Waals surface area contributed by atoms with Crippen molar-refractivity contribution in [1.82, 2.24) is 9.80 Å². The average Bonchev–Trinajstić information content (AvgIpc) is 3.06. The van der Waals surface area contributed by atoms with Gasteiger partial charge in [-0.1, -0.05) is 43.3 Å². The number of hydrogen-bond acceptors (Lipinski definition) is 7. The molecular weight excluding hydrogens is 620 g/mol. The number of nitrogens with one attached hydrogen (secondary N) is 2. The summed E-state index contributed by atoms with van der Waals surface area (Å²) in [4.78, 5) is 30.6. The lowest BCUT2D eigenvalue weighted by Crippen LogP contribution is -2.48. The number of benzene rings is 3. The number of carbonyl (C=O) groups is 2. The highest BCUT2D eigenvalue weighted by Gasteiger charge is 2.31. The highest BCUT2D eigenvalue weighted by atomic mass is 32.2. The number of aliphatic hydroxyl groups excluding tert-OH is 1. The van der Waals surface area contributed by atoms with Crippen molar-refractivity contribution in [2.24, 2.45) is 5.92 Å². The van der Waals surface area contributed by atoms with Crippen LogP contribution in [0.25, 0.3) is 0 Å². The van der Waals surface area contributed by atoms with E-state index in [1.807, 2.05) is 44.2 Å². The highest BCUT2D eigenvalue weighted by Crippen LogP contribution is 2.29. The average molecular weight is 667 g/mol. The second-order valence-corrected chi connectivity index (χ2v) is 13.8. The Morgan fingerprint density at radius 1 is 1.02 bits per heavy atom. The van der Waals surface area contributed by atoms with Gasteiger partial charge in [-0.15, -0.1) is 0 Å². The molecule has 3 aromatic rings. The predicted octanol–water partition coefficient (Wildman–Crippen LogP) is 5.45. The van der Waals surface area contributed by atoms with Crippen LogP contribution in [0.15, 0.2) is 83.8 Å². The van der Waals surface area contributed by atoms with Gasteiger partial charge in [0.05, 0.1) is 35.3 Å². The Hall–Kier alpha value is -4.13. The normalized spacial score (nSPS) is 20.2. The van der Waals surface area contributed by atoms with Crippen molar-refractivity contribution >= 4 is 33.3 Å². The molecule has 0 radical (unpaired) electrons. The van der Waals surface area contributed by atoms with Gasteiger partial charge < -0.3 is 29.7 Å². The van der Waals surface area contributed by atoms with Gasteiger partial charge in [-0.3, -0.25) is 9.52 Å². The first-order valence-electron chi connectivity index (χ1n) is 16.0. The van der Waals surface area contributed by atoms with Gasteiger partial charge in [0.1, 0.15) is 5.75 Å². The Labute approximate surface area is 277 Å². The van der Waals surface area contributed by atoms with E-state index in [2.05, 4.69) is 10.0 Å². The van der Waals surface area contributed by atoms with Crippen LogP contribution in [-0.2, 0) is 14.8 Å². The molecular formula is C35H46N4O7S. The first-order chi connectivity index (χ1) is 22.5. The lowest BCUT2D eigenvalue weighted by Gasteiger charge is -2.35. The molecule has 0 saturated carbocycles. The molecule has 4 rings (SSSR count). The van der Waals surface area contributed by atoms with E-state index >= 15 is 0 Å². The summed E-state index contributed by atoms with van der Waals surface area (Å²) in [5.74, 6) is -0.339. The van der Waals surface area contributed by atoms with E-state index in [0.29, 0.717) is 24.5 Å². The van der Waals surface area contributed by atoms with Gasteiger partial charge in [0.2, 0.25) is 0 Å². The first-order valence-corrected chi connectivity index (χ1v) is 17.5. The van der Waals surface area contributed by atoms with Crippen LogP contribution in [0.4, 0.5) is 16.2 Å². The number of sulfonamides is 1.